The van der Waals surface area contributed by atoms with Gasteiger partial charge in [0, 0.05) is 11.6 Å². The van der Waals surface area contributed by atoms with Crippen molar-refractivity contribution >= 4 is 28.9 Å². The van der Waals surface area contributed by atoms with Gasteiger partial charge in [-0.3, -0.25) is 0 Å². The maximum absolute atomic E-state index is 6.53. The van der Waals surface area contributed by atoms with Crippen LogP contribution in [-0.2, 0) is 6.42 Å². The van der Waals surface area contributed by atoms with E-state index < -0.39 is 0 Å². The Morgan fingerprint density at radius 2 is 1.87 bits per heavy atom. The average molecular weight is 344 g/mol. The molecule has 0 unspecified atom stereocenters. The van der Waals surface area contributed by atoms with E-state index in [1.54, 1.807) is 0 Å². The Kier molecular flexibility index (Phi) is 3.87. The van der Waals surface area contributed by atoms with Crippen molar-refractivity contribution in [3.8, 4) is 0 Å². The molecule has 3 heteroatoms. The Balaban J connectivity index is 1.85. The SMILES string of the molecule is CCc1cccc2c1N[C@H](c1cccc(Cl)c1Cl)[C@@H]1CC=C[C@H]21. The summed E-state index contributed by atoms with van der Waals surface area (Å²) in [6.45, 7) is 2.20. The second-order valence-corrected chi connectivity index (χ2v) is 7.14. The molecule has 0 saturated heterocycles. The monoisotopic (exact) mass is 343 g/mol. The summed E-state index contributed by atoms with van der Waals surface area (Å²) < 4.78 is 0. The predicted octanol–water partition coefficient (Wildman–Crippen LogP) is 6.38. The first kappa shape index (κ1) is 15.1. The van der Waals surface area contributed by atoms with E-state index in [1.165, 1.54) is 16.8 Å². The zero-order valence-electron chi connectivity index (χ0n) is 13.0. The standard InChI is InChI=1S/C20H19Cl2N/c1-2-12-6-3-8-14-13-7-4-9-15(13)20(23-19(12)14)16-10-5-11-17(21)18(16)22/h3-8,10-11,13,15,20,23H,2,9H2,1H3/t13-,15-,20+/m1/s1. The number of para-hydroxylation sites is 1. The van der Waals surface area contributed by atoms with Crippen molar-refractivity contribution in [1.29, 1.82) is 0 Å². The smallest absolute Gasteiger partial charge is 0.0645 e. The Hall–Kier alpha value is -1.44. The molecule has 1 N–H and O–H groups in total. The molecule has 23 heavy (non-hydrogen) atoms. The van der Waals surface area contributed by atoms with Crippen LogP contribution in [-0.4, -0.2) is 0 Å². The van der Waals surface area contributed by atoms with Crippen molar-refractivity contribution in [2.75, 3.05) is 5.32 Å². The van der Waals surface area contributed by atoms with Gasteiger partial charge in [0.2, 0.25) is 0 Å². The molecule has 0 radical (unpaired) electrons. The molecule has 2 aromatic rings. The fourth-order valence-electron chi connectivity index (χ4n) is 4.05. The largest absolute Gasteiger partial charge is 0.377 e. The number of rotatable bonds is 2. The topological polar surface area (TPSA) is 12.0 Å². The maximum Gasteiger partial charge on any atom is 0.0645 e. The van der Waals surface area contributed by atoms with Gasteiger partial charge in [0.25, 0.3) is 0 Å². The second-order valence-electron chi connectivity index (χ2n) is 6.35. The molecule has 0 bridgehead atoms. The fraction of sp³-hybridized carbons (Fsp3) is 0.300. The molecular formula is C20H19Cl2N. The van der Waals surface area contributed by atoms with E-state index in [0.29, 0.717) is 21.9 Å². The summed E-state index contributed by atoms with van der Waals surface area (Å²) >= 11 is 12.8. The summed E-state index contributed by atoms with van der Waals surface area (Å²) in [6, 6.07) is 12.8. The summed E-state index contributed by atoms with van der Waals surface area (Å²) in [7, 11) is 0. The highest BCUT2D eigenvalue weighted by atomic mass is 35.5. The highest BCUT2D eigenvalue weighted by molar-refractivity contribution is 6.42. The number of hydrogen-bond donors (Lipinski definition) is 1. The maximum atomic E-state index is 6.53. The number of anilines is 1. The number of aryl methyl sites for hydroxylation is 1. The highest BCUT2D eigenvalue weighted by Crippen LogP contribution is 2.52. The van der Waals surface area contributed by atoms with Crippen LogP contribution >= 0.6 is 23.2 Å². The van der Waals surface area contributed by atoms with Crippen LogP contribution in [0.1, 0.15) is 42.0 Å². The molecule has 0 saturated carbocycles. The lowest BCUT2D eigenvalue weighted by atomic mass is 9.76. The van der Waals surface area contributed by atoms with Crippen molar-refractivity contribution in [3.05, 3.63) is 75.3 Å². The first-order valence-corrected chi connectivity index (χ1v) is 8.95. The molecule has 4 rings (SSSR count). The highest BCUT2D eigenvalue weighted by Gasteiger charge is 2.39. The lowest BCUT2D eigenvalue weighted by Crippen LogP contribution is -2.30. The normalized spacial score (nSPS) is 24.9. The molecule has 1 heterocycles. The molecule has 1 nitrogen and oxygen atoms in total. The van der Waals surface area contributed by atoms with E-state index >= 15 is 0 Å². The van der Waals surface area contributed by atoms with Crippen LogP contribution in [0.5, 0.6) is 0 Å². The third-order valence-corrected chi connectivity index (χ3v) is 6.01. The number of halogens is 2. The summed E-state index contributed by atoms with van der Waals surface area (Å²) in [4.78, 5) is 0. The van der Waals surface area contributed by atoms with E-state index in [2.05, 4.69) is 48.7 Å². The van der Waals surface area contributed by atoms with E-state index in [-0.39, 0.29) is 6.04 Å². The number of allylic oxidation sites excluding steroid dienone is 2. The summed E-state index contributed by atoms with van der Waals surface area (Å²) in [5, 5.41) is 5.09. The molecular weight excluding hydrogens is 325 g/mol. The molecule has 118 valence electrons. The minimum Gasteiger partial charge on any atom is -0.377 e. The van der Waals surface area contributed by atoms with E-state index in [4.69, 9.17) is 23.2 Å². The van der Waals surface area contributed by atoms with Crippen LogP contribution in [0.4, 0.5) is 5.69 Å². The Morgan fingerprint density at radius 1 is 1.09 bits per heavy atom. The van der Waals surface area contributed by atoms with Gasteiger partial charge in [0.1, 0.15) is 0 Å². The molecule has 1 aliphatic heterocycles. The van der Waals surface area contributed by atoms with Gasteiger partial charge in [-0.15, -0.1) is 0 Å². The van der Waals surface area contributed by atoms with Crippen LogP contribution in [0.15, 0.2) is 48.6 Å². The quantitative estimate of drug-likeness (QED) is 0.623. The molecule has 2 aliphatic rings. The molecule has 0 spiro atoms. The van der Waals surface area contributed by atoms with E-state index in [0.717, 1.165) is 18.4 Å². The van der Waals surface area contributed by atoms with Crippen LogP contribution in [0.3, 0.4) is 0 Å². The van der Waals surface area contributed by atoms with Crippen molar-refractivity contribution in [3.63, 3.8) is 0 Å². The number of benzene rings is 2. The minimum absolute atomic E-state index is 0.196. The van der Waals surface area contributed by atoms with Gasteiger partial charge in [0.15, 0.2) is 0 Å². The lowest BCUT2D eigenvalue weighted by Gasteiger charge is -2.39. The molecule has 0 fully saturated rings. The Labute approximate surface area is 147 Å². The van der Waals surface area contributed by atoms with E-state index in [9.17, 15) is 0 Å². The van der Waals surface area contributed by atoms with Crippen LogP contribution < -0.4 is 5.32 Å². The zero-order chi connectivity index (χ0) is 16.0. The van der Waals surface area contributed by atoms with Gasteiger partial charge in [-0.05, 0) is 41.5 Å². The number of fused-ring (bicyclic) bond motifs is 3. The molecule has 1 aliphatic carbocycles. The van der Waals surface area contributed by atoms with E-state index in [1.807, 2.05) is 12.1 Å². The Morgan fingerprint density at radius 3 is 2.70 bits per heavy atom. The minimum atomic E-state index is 0.196. The van der Waals surface area contributed by atoms with Crippen molar-refractivity contribution in [2.45, 2.75) is 31.7 Å². The molecule has 3 atom stereocenters. The van der Waals surface area contributed by atoms with Gasteiger partial charge >= 0.3 is 0 Å². The van der Waals surface area contributed by atoms with Crippen LogP contribution in [0.2, 0.25) is 10.0 Å². The Bertz CT molecular complexity index is 781. The van der Waals surface area contributed by atoms with Gasteiger partial charge in [-0.2, -0.15) is 0 Å². The first-order chi connectivity index (χ1) is 11.2. The van der Waals surface area contributed by atoms with Crippen LogP contribution in [0, 0.1) is 5.92 Å². The molecule has 2 aromatic carbocycles. The first-order valence-electron chi connectivity index (χ1n) is 8.19. The predicted molar refractivity (Wildman–Crippen MR) is 98.6 cm³/mol. The fourth-order valence-corrected chi connectivity index (χ4v) is 4.47. The van der Waals surface area contributed by atoms with Crippen molar-refractivity contribution < 1.29 is 0 Å². The van der Waals surface area contributed by atoms with Crippen molar-refractivity contribution in [2.24, 2.45) is 5.92 Å². The second kappa shape index (κ2) is 5.89. The van der Waals surface area contributed by atoms with Crippen LogP contribution in [0.25, 0.3) is 0 Å². The van der Waals surface area contributed by atoms with Gasteiger partial charge in [0.05, 0.1) is 16.1 Å². The molecule has 0 aromatic heterocycles. The number of hydrogen-bond acceptors (Lipinski definition) is 1. The summed E-state index contributed by atoms with van der Waals surface area (Å²) in [5.74, 6) is 0.948. The molecule has 0 amide bonds. The van der Waals surface area contributed by atoms with Crippen molar-refractivity contribution in [1.82, 2.24) is 0 Å². The lowest BCUT2D eigenvalue weighted by molar-refractivity contribution is 0.425. The number of nitrogens with one attached hydrogen (secondary N) is 1. The van der Waals surface area contributed by atoms with Gasteiger partial charge in [-0.25, -0.2) is 0 Å². The third-order valence-electron chi connectivity index (χ3n) is 5.18. The average Bonchev–Trinajstić information content (AvgIpc) is 3.06. The summed E-state index contributed by atoms with van der Waals surface area (Å²) in [5.41, 5.74) is 5.17. The third kappa shape index (κ3) is 2.38. The summed E-state index contributed by atoms with van der Waals surface area (Å²) in [6.07, 6.45) is 6.75. The van der Waals surface area contributed by atoms with Gasteiger partial charge < -0.3 is 5.32 Å². The zero-order valence-corrected chi connectivity index (χ0v) is 14.5. The van der Waals surface area contributed by atoms with Gasteiger partial charge in [-0.1, -0.05) is 72.6 Å².